The topological polar surface area (TPSA) is 70.3 Å². The first-order valence-corrected chi connectivity index (χ1v) is 10.2. The summed E-state index contributed by atoms with van der Waals surface area (Å²) in [4.78, 5) is 37.9. The van der Waals surface area contributed by atoms with Crippen LogP contribution in [-0.4, -0.2) is 21.7 Å². The quantitative estimate of drug-likeness (QED) is 0.355. The molecule has 3 rings (SSSR count). The second-order valence-electron chi connectivity index (χ2n) is 5.96. The third-order valence-electron chi connectivity index (χ3n) is 4.12. The van der Waals surface area contributed by atoms with Gasteiger partial charge in [-0.25, -0.2) is 9.18 Å². The molecule has 0 aliphatic heterocycles. The molecule has 0 atom stereocenters. The van der Waals surface area contributed by atoms with E-state index in [0.717, 1.165) is 8.14 Å². The van der Waals surface area contributed by atoms with Gasteiger partial charge in [0, 0.05) is 13.6 Å². The highest BCUT2D eigenvalue weighted by atomic mass is 127. The van der Waals surface area contributed by atoms with Crippen molar-refractivity contribution >= 4 is 55.4 Å². The van der Waals surface area contributed by atoms with Gasteiger partial charge in [0.05, 0.1) is 24.1 Å². The standard InChI is InChI=1S/C19H15BrFIN2O4/c1-2-28-17(25)10-23-16-8-13(22)5-6-14(16)18(26)24(19(23)27)9-11-3-4-12(20)7-15(11)21/h3-8H,2,9-10H2,1H3. The van der Waals surface area contributed by atoms with Crippen molar-refractivity contribution in [1.29, 1.82) is 0 Å². The molecule has 0 radical (unpaired) electrons. The number of carbonyl (C=O) groups excluding carboxylic acids is 1. The Balaban J connectivity index is 2.22. The van der Waals surface area contributed by atoms with Crippen molar-refractivity contribution in [3.63, 3.8) is 0 Å². The number of hydrogen-bond acceptors (Lipinski definition) is 4. The molecule has 0 unspecified atom stereocenters. The predicted molar refractivity (Wildman–Crippen MR) is 115 cm³/mol. The number of esters is 1. The van der Waals surface area contributed by atoms with Crippen LogP contribution in [0.4, 0.5) is 4.39 Å². The fraction of sp³-hybridized carbons (Fsp3) is 0.211. The maximum Gasteiger partial charge on any atom is 0.332 e. The number of nitrogens with zero attached hydrogens (tertiary/aromatic N) is 2. The third-order valence-corrected chi connectivity index (χ3v) is 5.29. The second-order valence-corrected chi connectivity index (χ2v) is 8.12. The number of carbonyl (C=O) groups is 1. The van der Waals surface area contributed by atoms with E-state index in [4.69, 9.17) is 4.74 Å². The molecule has 0 fully saturated rings. The van der Waals surface area contributed by atoms with Crippen LogP contribution in [0.3, 0.4) is 0 Å². The Morgan fingerprint density at radius 1 is 1.18 bits per heavy atom. The molecule has 146 valence electrons. The largest absolute Gasteiger partial charge is 0.465 e. The Labute approximate surface area is 181 Å². The molecule has 0 saturated heterocycles. The van der Waals surface area contributed by atoms with Crippen molar-refractivity contribution in [2.75, 3.05) is 6.61 Å². The number of ether oxygens (including phenoxy) is 1. The molecule has 0 aliphatic rings. The van der Waals surface area contributed by atoms with Crippen LogP contribution < -0.4 is 11.2 Å². The number of fused-ring (bicyclic) bond motifs is 1. The Bertz CT molecular complexity index is 1190. The molecule has 6 nitrogen and oxygen atoms in total. The van der Waals surface area contributed by atoms with Crippen LogP contribution in [-0.2, 0) is 22.6 Å². The SMILES string of the molecule is CCOC(=O)Cn1c(=O)n(Cc2ccc(Br)cc2F)c(=O)c2ccc(I)cc21. The molecule has 0 spiro atoms. The Morgan fingerprint density at radius 3 is 2.61 bits per heavy atom. The van der Waals surface area contributed by atoms with E-state index in [1.807, 2.05) is 0 Å². The predicted octanol–water partition coefficient (Wildman–Crippen LogP) is 3.28. The fourth-order valence-electron chi connectivity index (χ4n) is 2.84. The van der Waals surface area contributed by atoms with E-state index in [1.165, 1.54) is 16.7 Å². The van der Waals surface area contributed by atoms with Gasteiger partial charge < -0.3 is 4.74 Å². The van der Waals surface area contributed by atoms with Crippen molar-refractivity contribution in [3.05, 3.63) is 76.7 Å². The van der Waals surface area contributed by atoms with Crippen molar-refractivity contribution in [3.8, 4) is 0 Å². The highest BCUT2D eigenvalue weighted by molar-refractivity contribution is 14.1. The Morgan fingerprint density at radius 2 is 1.93 bits per heavy atom. The van der Waals surface area contributed by atoms with E-state index in [0.29, 0.717) is 9.99 Å². The molecule has 9 heteroatoms. The molecule has 0 N–H and O–H groups in total. The lowest BCUT2D eigenvalue weighted by atomic mass is 10.2. The molecular weight excluding hydrogens is 546 g/mol. The summed E-state index contributed by atoms with van der Waals surface area (Å²) in [6, 6.07) is 9.37. The summed E-state index contributed by atoms with van der Waals surface area (Å²) < 4.78 is 22.7. The highest BCUT2D eigenvalue weighted by Gasteiger charge is 2.17. The van der Waals surface area contributed by atoms with Gasteiger partial charge in [0.1, 0.15) is 12.4 Å². The first kappa shape index (κ1) is 20.7. The number of hydrogen-bond donors (Lipinski definition) is 0. The van der Waals surface area contributed by atoms with Crippen LogP contribution in [0.2, 0.25) is 0 Å². The van der Waals surface area contributed by atoms with Gasteiger partial charge in [-0.05, 0) is 59.8 Å². The molecule has 1 aromatic heterocycles. The minimum atomic E-state index is -0.699. The monoisotopic (exact) mass is 560 g/mol. The molecule has 0 aliphatic carbocycles. The lowest BCUT2D eigenvalue weighted by molar-refractivity contribution is -0.143. The number of aromatic nitrogens is 2. The van der Waals surface area contributed by atoms with Crippen LogP contribution in [0.5, 0.6) is 0 Å². The van der Waals surface area contributed by atoms with Gasteiger partial charge in [-0.15, -0.1) is 0 Å². The Hall–Kier alpha value is -2.01. The second kappa shape index (κ2) is 8.56. The zero-order chi connectivity index (χ0) is 20.4. The summed E-state index contributed by atoms with van der Waals surface area (Å²) in [6.45, 7) is 1.25. The van der Waals surface area contributed by atoms with Gasteiger partial charge >= 0.3 is 11.7 Å². The fourth-order valence-corrected chi connectivity index (χ4v) is 3.65. The highest BCUT2D eigenvalue weighted by Crippen LogP contribution is 2.17. The number of benzene rings is 2. The maximum absolute atomic E-state index is 14.2. The smallest absolute Gasteiger partial charge is 0.332 e. The number of rotatable bonds is 5. The summed E-state index contributed by atoms with van der Waals surface area (Å²) >= 11 is 5.24. The summed E-state index contributed by atoms with van der Waals surface area (Å²) in [5, 5.41) is 0.266. The first-order valence-electron chi connectivity index (χ1n) is 8.34. The van der Waals surface area contributed by atoms with E-state index < -0.39 is 23.0 Å². The normalized spacial score (nSPS) is 11.0. The summed E-state index contributed by atoms with van der Waals surface area (Å²) in [7, 11) is 0. The van der Waals surface area contributed by atoms with Crippen LogP contribution in [0.25, 0.3) is 10.9 Å². The van der Waals surface area contributed by atoms with Gasteiger partial charge in [0.15, 0.2) is 0 Å². The van der Waals surface area contributed by atoms with E-state index in [2.05, 4.69) is 38.5 Å². The van der Waals surface area contributed by atoms with Gasteiger partial charge in [-0.1, -0.05) is 22.0 Å². The van der Waals surface area contributed by atoms with Crippen LogP contribution in [0, 0.1) is 9.39 Å². The zero-order valence-corrected chi connectivity index (χ0v) is 18.5. The summed E-state index contributed by atoms with van der Waals surface area (Å²) in [6.07, 6.45) is 0. The van der Waals surface area contributed by atoms with Crippen LogP contribution >= 0.6 is 38.5 Å². The van der Waals surface area contributed by atoms with Crippen molar-refractivity contribution < 1.29 is 13.9 Å². The van der Waals surface area contributed by atoms with Crippen molar-refractivity contribution in [2.45, 2.75) is 20.0 Å². The molecule has 1 heterocycles. The average molecular weight is 561 g/mol. The summed E-state index contributed by atoms with van der Waals surface area (Å²) in [5.74, 6) is -1.13. The Kier molecular flexibility index (Phi) is 6.33. The molecular formula is C19H15BrFIN2O4. The molecule has 0 bridgehead atoms. The minimum Gasteiger partial charge on any atom is -0.465 e. The third kappa shape index (κ3) is 4.19. The molecule has 0 amide bonds. The van der Waals surface area contributed by atoms with Gasteiger partial charge in [-0.2, -0.15) is 0 Å². The van der Waals surface area contributed by atoms with E-state index in [-0.39, 0.29) is 30.6 Å². The summed E-state index contributed by atoms with van der Waals surface area (Å²) in [5.41, 5.74) is -0.717. The van der Waals surface area contributed by atoms with Crippen LogP contribution in [0.1, 0.15) is 12.5 Å². The minimum absolute atomic E-state index is 0.173. The molecule has 0 saturated carbocycles. The number of halogens is 3. The lowest BCUT2D eigenvalue weighted by Gasteiger charge is -2.14. The van der Waals surface area contributed by atoms with E-state index >= 15 is 0 Å². The molecule has 3 aromatic rings. The first-order chi connectivity index (χ1) is 13.3. The molecule has 2 aromatic carbocycles. The van der Waals surface area contributed by atoms with Gasteiger partial charge in [0.2, 0.25) is 0 Å². The molecule has 28 heavy (non-hydrogen) atoms. The van der Waals surface area contributed by atoms with Crippen molar-refractivity contribution in [1.82, 2.24) is 9.13 Å². The van der Waals surface area contributed by atoms with Gasteiger partial charge in [0.25, 0.3) is 5.56 Å². The average Bonchev–Trinajstić information content (AvgIpc) is 2.64. The maximum atomic E-state index is 14.2. The zero-order valence-electron chi connectivity index (χ0n) is 14.7. The van der Waals surface area contributed by atoms with E-state index in [1.54, 1.807) is 31.2 Å². The van der Waals surface area contributed by atoms with Crippen LogP contribution in [0.15, 0.2) is 50.5 Å². The van der Waals surface area contributed by atoms with E-state index in [9.17, 15) is 18.8 Å². The van der Waals surface area contributed by atoms with Gasteiger partial charge in [-0.3, -0.25) is 18.7 Å². The lowest BCUT2D eigenvalue weighted by Crippen LogP contribution is -2.41. The van der Waals surface area contributed by atoms with Crippen molar-refractivity contribution in [2.24, 2.45) is 0 Å².